The number of ether oxygens (including phenoxy) is 1. The van der Waals surface area contributed by atoms with Crippen LogP contribution >= 0.6 is 0 Å². The van der Waals surface area contributed by atoms with E-state index >= 15 is 0 Å². The average molecular weight is 271 g/mol. The molecule has 0 bridgehead atoms. The number of hydrogen-bond acceptors (Lipinski definition) is 3. The predicted molar refractivity (Wildman–Crippen MR) is 80.3 cm³/mol. The SMILES string of the molecule is CC(C)C(C)CNCC(O)COC1CCCCC1C. The van der Waals surface area contributed by atoms with Gasteiger partial charge in [-0.1, -0.05) is 40.5 Å². The minimum Gasteiger partial charge on any atom is -0.389 e. The summed E-state index contributed by atoms with van der Waals surface area (Å²) in [6.07, 6.45) is 5.01. The van der Waals surface area contributed by atoms with Crippen LogP contribution in [0.15, 0.2) is 0 Å². The molecule has 0 aromatic heterocycles. The van der Waals surface area contributed by atoms with Crippen molar-refractivity contribution in [1.29, 1.82) is 0 Å². The third-order valence-corrected chi connectivity index (χ3v) is 4.52. The van der Waals surface area contributed by atoms with Gasteiger partial charge in [0, 0.05) is 6.54 Å². The largest absolute Gasteiger partial charge is 0.389 e. The highest BCUT2D eigenvalue weighted by molar-refractivity contribution is 4.73. The zero-order chi connectivity index (χ0) is 14.3. The van der Waals surface area contributed by atoms with E-state index in [1.54, 1.807) is 0 Å². The first kappa shape index (κ1) is 16.9. The predicted octanol–water partition coefficient (Wildman–Crippen LogP) is 2.82. The molecule has 19 heavy (non-hydrogen) atoms. The van der Waals surface area contributed by atoms with Gasteiger partial charge in [0.05, 0.1) is 18.8 Å². The Morgan fingerprint density at radius 1 is 1.16 bits per heavy atom. The number of aliphatic hydroxyl groups is 1. The summed E-state index contributed by atoms with van der Waals surface area (Å²) < 4.78 is 5.87. The molecule has 3 nitrogen and oxygen atoms in total. The van der Waals surface area contributed by atoms with Crippen LogP contribution in [0.5, 0.6) is 0 Å². The molecule has 2 N–H and O–H groups in total. The molecule has 1 fully saturated rings. The van der Waals surface area contributed by atoms with Crippen molar-refractivity contribution in [3.8, 4) is 0 Å². The van der Waals surface area contributed by atoms with Gasteiger partial charge < -0.3 is 15.2 Å². The second kappa shape index (κ2) is 8.93. The summed E-state index contributed by atoms with van der Waals surface area (Å²) in [7, 11) is 0. The summed E-state index contributed by atoms with van der Waals surface area (Å²) in [5.41, 5.74) is 0. The van der Waals surface area contributed by atoms with Crippen LogP contribution in [0.2, 0.25) is 0 Å². The molecule has 1 aliphatic rings. The molecule has 0 amide bonds. The molecule has 1 rings (SSSR count). The monoisotopic (exact) mass is 271 g/mol. The highest BCUT2D eigenvalue weighted by atomic mass is 16.5. The van der Waals surface area contributed by atoms with Crippen molar-refractivity contribution in [3.05, 3.63) is 0 Å². The average Bonchev–Trinajstić information content (AvgIpc) is 2.37. The third kappa shape index (κ3) is 6.73. The number of rotatable bonds is 8. The summed E-state index contributed by atoms with van der Waals surface area (Å²) in [5, 5.41) is 13.3. The lowest BCUT2D eigenvalue weighted by atomic mass is 9.88. The molecule has 1 aliphatic carbocycles. The molecule has 0 radical (unpaired) electrons. The Kier molecular flexibility index (Phi) is 7.96. The Morgan fingerprint density at radius 3 is 2.47 bits per heavy atom. The van der Waals surface area contributed by atoms with Crippen LogP contribution in [-0.4, -0.2) is 37.0 Å². The fraction of sp³-hybridized carbons (Fsp3) is 1.00. The van der Waals surface area contributed by atoms with E-state index in [4.69, 9.17) is 4.74 Å². The highest BCUT2D eigenvalue weighted by Gasteiger charge is 2.22. The number of hydrogen-bond donors (Lipinski definition) is 2. The summed E-state index contributed by atoms with van der Waals surface area (Å²) >= 11 is 0. The van der Waals surface area contributed by atoms with Crippen LogP contribution in [0.3, 0.4) is 0 Å². The van der Waals surface area contributed by atoms with Gasteiger partial charge in [0.25, 0.3) is 0 Å². The van der Waals surface area contributed by atoms with Gasteiger partial charge in [0.2, 0.25) is 0 Å². The van der Waals surface area contributed by atoms with Gasteiger partial charge in [-0.3, -0.25) is 0 Å². The van der Waals surface area contributed by atoms with E-state index < -0.39 is 0 Å². The lowest BCUT2D eigenvalue weighted by Crippen LogP contribution is -2.36. The molecular formula is C16H33NO2. The normalized spacial score (nSPS) is 27.5. The minimum absolute atomic E-state index is 0.359. The number of aliphatic hydroxyl groups excluding tert-OH is 1. The highest BCUT2D eigenvalue weighted by Crippen LogP contribution is 2.26. The van der Waals surface area contributed by atoms with E-state index in [1.165, 1.54) is 19.3 Å². The van der Waals surface area contributed by atoms with Crippen molar-refractivity contribution in [3.63, 3.8) is 0 Å². The van der Waals surface area contributed by atoms with Gasteiger partial charge in [-0.25, -0.2) is 0 Å². The third-order valence-electron chi connectivity index (χ3n) is 4.52. The fourth-order valence-corrected chi connectivity index (χ4v) is 2.54. The molecule has 0 aromatic rings. The molecule has 0 heterocycles. The maximum absolute atomic E-state index is 9.93. The van der Waals surface area contributed by atoms with Crippen molar-refractivity contribution in [2.45, 2.75) is 65.6 Å². The Morgan fingerprint density at radius 2 is 1.84 bits per heavy atom. The van der Waals surface area contributed by atoms with E-state index in [0.29, 0.717) is 37.0 Å². The molecular weight excluding hydrogens is 238 g/mol. The van der Waals surface area contributed by atoms with Gasteiger partial charge in [0.15, 0.2) is 0 Å². The molecule has 114 valence electrons. The van der Waals surface area contributed by atoms with E-state index in [0.717, 1.165) is 13.0 Å². The molecule has 4 atom stereocenters. The van der Waals surface area contributed by atoms with Crippen LogP contribution in [0, 0.1) is 17.8 Å². The van der Waals surface area contributed by atoms with Crippen molar-refractivity contribution in [2.24, 2.45) is 17.8 Å². The van der Waals surface area contributed by atoms with Crippen molar-refractivity contribution in [1.82, 2.24) is 5.32 Å². The molecule has 0 saturated heterocycles. The fourth-order valence-electron chi connectivity index (χ4n) is 2.54. The second-order valence-corrected chi connectivity index (χ2v) is 6.67. The molecule has 3 heteroatoms. The van der Waals surface area contributed by atoms with Gasteiger partial charge in [-0.05, 0) is 37.1 Å². The summed E-state index contributed by atoms with van der Waals surface area (Å²) in [4.78, 5) is 0. The molecule has 0 aliphatic heterocycles. The smallest absolute Gasteiger partial charge is 0.0897 e. The van der Waals surface area contributed by atoms with Gasteiger partial charge in [0.1, 0.15) is 0 Å². The molecule has 0 spiro atoms. The van der Waals surface area contributed by atoms with Crippen molar-refractivity contribution < 1.29 is 9.84 Å². The standard InChI is InChI=1S/C16H33NO2/c1-12(2)14(4)9-17-10-15(18)11-19-16-8-6-5-7-13(16)3/h12-18H,5-11H2,1-4H3. The van der Waals surface area contributed by atoms with Gasteiger partial charge >= 0.3 is 0 Å². The molecule has 4 unspecified atom stereocenters. The van der Waals surface area contributed by atoms with Gasteiger partial charge in [-0.2, -0.15) is 0 Å². The Hall–Kier alpha value is -0.120. The maximum Gasteiger partial charge on any atom is 0.0897 e. The first-order valence-corrected chi connectivity index (χ1v) is 8.01. The van der Waals surface area contributed by atoms with Crippen molar-refractivity contribution >= 4 is 0 Å². The second-order valence-electron chi connectivity index (χ2n) is 6.67. The van der Waals surface area contributed by atoms with Crippen LogP contribution in [0.4, 0.5) is 0 Å². The lowest BCUT2D eigenvalue weighted by Gasteiger charge is -2.29. The Balaban J connectivity index is 2.08. The topological polar surface area (TPSA) is 41.5 Å². The number of nitrogens with one attached hydrogen (secondary N) is 1. The van der Waals surface area contributed by atoms with Crippen LogP contribution in [0.25, 0.3) is 0 Å². The Bertz CT molecular complexity index is 233. The molecule has 0 aromatic carbocycles. The zero-order valence-electron chi connectivity index (χ0n) is 13.2. The van der Waals surface area contributed by atoms with E-state index in [-0.39, 0.29) is 6.10 Å². The van der Waals surface area contributed by atoms with E-state index in [1.807, 2.05) is 0 Å². The summed E-state index contributed by atoms with van der Waals surface area (Å²) in [6.45, 7) is 11.0. The van der Waals surface area contributed by atoms with E-state index in [2.05, 4.69) is 33.0 Å². The first-order valence-electron chi connectivity index (χ1n) is 8.01. The summed E-state index contributed by atoms with van der Waals surface area (Å²) in [5.74, 6) is 1.98. The van der Waals surface area contributed by atoms with Gasteiger partial charge in [-0.15, -0.1) is 0 Å². The Labute approximate surface area is 119 Å². The van der Waals surface area contributed by atoms with E-state index in [9.17, 15) is 5.11 Å². The van der Waals surface area contributed by atoms with Crippen LogP contribution in [0.1, 0.15) is 53.4 Å². The maximum atomic E-state index is 9.93. The summed E-state index contributed by atoms with van der Waals surface area (Å²) in [6, 6.07) is 0. The minimum atomic E-state index is -0.381. The van der Waals surface area contributed by atoms with Crippen LogP contribution < -0.4 is 5.32 Å². The molecule has 1 saturated carbocycles. The zero-order valence-corrected chi connectivity index (χ0v) is 13.2. The van der Waals surface area contributed by atoms with Crippen LogP contribution in [-0.2, 0) is 4.74 Å². The lowest BCUT2D eigenvalue weighted by molar-refractivity contribution is -0.0452. The first-order chi connectivity index (χ1) is 9.00. The quantitative estimate of drug-likeness (QED) is 0.713. The van der Waals surface area contributed by atoms with Crippen molar-refractivity contribution in [2.75, 3.05) is 19.7 Å².